The number of amides is 1. The van der Waals surface area contributed by atoms with Gasteiger partial charge in [0.1, 0.15) is 5.75 Å². The lowest BCUT2D eigenvalue weighted by molar-refractivity contribution is -0.114. The van der Waals surface area contributed by atoms with Crippen LogP contribution in [0.5, 0.6) is 17.2 Å². The molecular weight excluding hydrogens is 372 g/mol. The molecule has 27 heavy (non-hydrogen) atoms. The first-order chi connectivity index (χ1) is 12.8. The number of methoxy groups -OCH3 is 3. The van der Waals surface area contributed by atoms with Crippen molar-refractivity contribution in [3.63, 3.8) is 0 Å². The van der Waals surface area contributed by atoms with Crippen molar-refractivity contribution in [3.8, 4) is 17.2 Å². The Morgan fingerprint density at radius 2 is 1.67 bits per heavy atom. The largest absolute Gasteiger partial charge is 0.497 e. The van der Waals surface area contributed by atoms with Crippen LogP contribution >= 0.6 is 0 Å². The highest BCUT2D eigenvalue weighted by Crippen LogP contribution is 2.30. The number of ether oxygens (including phenoxy) is 3. The fourth-order valence-corrected chi connectivity index (χ4v) is 3.25. The van der Waals surface area contributed by atoms with Gasteiger partial charge in [-0.25, -0.2) is 8.42 Å². The smallest absolute Gasteiger partial charge is 0.243 e. The average Bonchev–Trinajstić information content (AvgIpc) is 2.65. The first-order valence-corrected chi connectivity index (χ1v) is 9.81. The number of hydrogen-bond acceptors (Lipinski definition) is 7. The van der Waals surface area contributed by atoms with Crippen LogP contribution in [0.1, 0.15) is 0 Å². The third kappa shape index (κ3) is 5.27. The maximum Gasteiger partial charge on any atom is 0.243 e. The molecule has 2 N–H and O–H groups in total. The molecule has 0 aromatic heterocycles. The van der Waals surface area contributed by atoms with E-state index in [2.05, 4.69) is 10.6 Å². The summed E-state index contributed by atoms with van der Waals surface area (Å²) >= 11 is 0. The molecule has 0 fully saturated rings. The van der Waals surface area contributed by atoms with E-state index in [1.807, 2.05) is 0 Å². The first kappa shape index (κ1) is 20.4. The number of benzene rings is 2. The van der Waals surface area contributed by atoms with Crippen molar-refractivity contribution in [1.29, 1.82) is 0 Å². The second-order valence-electron chi connectivity index (χ2n) is 5.61. The maximum absolute atomic E-state index is 12.2. The fraction of sp³-hybridized carbons (Fsp3) is 0.278. The van der Waals surface area contributed by atoms with Crippen molar-refractivity contribution in [2.45, 2.75) is 4.90 Å². The molecule has 146 valence electrons. The summed E-state index contributed by atoms with van der Waals surface area (Å²) in [5, 5.41) is 5.55. The summed E-state index contributed by atoms with van der Waals surface area (Å²) in [7, 11) is 0.979. The van der Waals surface area contributed by atoms with Crippen LogP contribution in [0, 0.1) is 0 Å². The van der Waals surface area contributed by atoms with Crippen LogP contribution in [0.4, 0.5) is 11.4 Å². The van der Waals surface area contributed by atoms with Crippen molar-refractivity contribution >= 4 is 27.1 Å². The van der Waals surface area contributed by atoms with Gasteiger partial charge in [0.15, 0.2) is 21.3 Å². The van der Waals surface area contributed by atoms with Gasteiger partial charge in [-0.15, -0.1) is 0 Å². The van der Waals surface area contributed by atoms with E-state index < -0.39 is 9.84 Å². The minimum Gasteiger partial charge on any atom is -0.497 e. The molecule has 0 bridgehead atoms. The zero-order chi connectivity index (χ0) is 20.0. The van der Waals surface area contributed by atoms with Crippen LogP contribution in [0.3, 0.4) is 0 Å². The highest BCUT2D eigenvalue weighted by Gasteiger charge is 2.15. The monoisotopic (exact) mass is 394 g/mol. The lowest BCUT2D eigenvalue weighted by atomic mass is 10.2. The Morgan fingerprint density at radius 1 is 0.963 bits per heavy atom. The van der Waals surface area contributed by atoms with Crippen LogP contribution < -0.4 is 24.8 Å². The zero-order valence-electron chi connectivity index (χ0n) is 15.5. The Bertz CT molecular complexity index is 927. The number of rotatable bonds is 8. The molecular formula is C18H22N2O6S. The second kappa shape index (κ2) is 8.63. The Labute approximate surface area is 158 Å². The second-order valence-corrected chi connectivity index (χ2v) is 7.59. The molecule has 1 amide bonds. The Hall–Kier alpha value is -2.94. The lowest BCUT2D eigenvalue weighted by Crippen LogP contribution is -2.22. The molecule has 0 heterocycles. The van der Waals surface area contributed by atoms with E-state index in [1.165, 1.54) is 27.4 Å². The molecule has 9 heteroatoms. The normalized spacial score (nSPS) is 10.8. The van der Waals surface area contributed by atoms with Gasteiger partial charge in [-0.1, -0.05) is 0 Å². The standard InChI is InChI=1S/C18H22N2O6S/c1-24-13-6-7-14(17(10-13)27(4,22)23)19-11-18(21)20-12-5-8-15(25-2)16(9-12)26-3/h5-10,19H,11H2,1-4H3,(H,20,21). The molecule has 0 saturated carbocycles. The number of sulfone groups is 1. The van der Waals surface area contributed by atoms with Crippen molar-refractivity contribution in [3.05, 3.63) is 36.4 Å². The van der Waals surface area contributed by atoms with Crippen LogP contribution in [-0.4, -0.2) is 48.5 Å². The zero-order valence-corrected chi connectivity index (χ0v) is 16.3. The molecule has 0 atom stereocenters. The van der Waals surface area contributed by atoms with Gasteiger partial charge in [-0.2, -0.15) is 0 Å². The SMILES string of the molecule is COc1ccc(NCC(=O)Nc2ccc(OC)c(OC)c2)c(S(C)(=O)=O)c1. The molecule has 0 aliphatic rings. The minimum absolute atomic E-state index is 0.0563. The highest BCUT2D eigenvalue weighted by atomic mass is 32.2. The third-order valence-electron chi connectivity index (χ3n) is 3.69. The molecule has 2 aromatic rings. The van der Waals surface area contributed by atoms with Crippen LogP contribution in [-0.2, 0) is 14.6 Å². The maximum atomic E-state index is 12.2. The van der Waals surface area contributed by atoms with E-state index in [1.54, 1.807) is 30.3 Å². The molecule has 2 rings (SSSR count). The van der Waals surface area contributed by atoms with Gasteiger partial charge < -0.3 is 24.8 Å². The number of hydrogen-bond donors (Lipinski definition) is 2. The fourth-order valence-electron chi connectivity index (χ4n) is 2.38. The minimum atomic E-state index is -3.49. The molecule has 8 nitrogen and oxygen atoms in total. The van der Waals surface area contributed by atoms with Crippen molar-refractivity contribution in [1.82, 2.24) is 0 Å². The van der Waals surface area contributed by atoms with E-state index in [-0.39, 0.29) is 17.3 Å². The average molecular weight is 394 g/mol. The van der Waals surface area contributed by atoms with E-state index >= 15 is 0 Å². The predicted molar refractivity (Wildman–Crippen MR) is 103 cm³/mol. The van der Waals surface area contributed by atoms with E-state index in [0.29, 0.717) is 28.6 Å². The first-order valence-electron chi connectivity index (χ1n) is 7.92. The summed E-state index contributed by atoms with van der Waals surface area (Å²) in [6.45, 7) is -0.122. The Kier molecular flexibility index (Phi) is 6.51. The third-order valence-corrected chi connectivity index (χ3v) is 4.83. The molecule has 0 spiro atoms. The number of carbonyl (C=O) groups is 1. The molecule has 0 unspecified atom stereocenters. The van der Waals surface area contributed by atoms with Gasteiger partial charge >= 0.3 is 0 Å². The molecule has 0 saturated heterocycles. The summed E-state index contributed by atoms with van der Waals surface area (Å²) < 4.78 is 39.3. The number of anilines is 2. The quantitative estimate of drug-likeness (QED) is 0.707. The predicted octanol–water partition coefficient (Wildman–Crippen LogP) is 2.17. The molecule has 0 radical (unpaired) electrons. The summed E-state index contributed by atoms with van der Waals surface area (Å²) in [6, 6.07) is 9.56. The van der Waals surface area contributed by atoms with Gasteiger partial charge in [-0.3, -0.25) is 4.79 Å². The van der Waals surface area contributed by atoms with Crippen molar-refractivity contribution in [2.24, 2.45) is 0 Å². The summed E-state index contributed by atoms with van der Waals surface area (Å²) in [5.74, 6) is 1.09. The van der Waals surface area contributed by atoms with Crippen molar-refractivity contribution in [2.75, 3.05) is 44.8 Å². The van der Waals surface area contributed by atoms with E-state index in [4.69, 9.17) is 14.2 Å². The van der Waals surface area contributed by atoms with Gasteiger partial charge in [0.05, 0.1) is 38.5 Å². The summed E-state index contributed by atoms with van der Waals surface area (Å²) in [4.78, 5) is 12.3. The lowest BCUT2D eigenvalue weighted by Gasteiger charge is -2.13. The Morgan fingerprint density at radius 3 is 2.26 bits per heavy atom. The van der Waals surface area contributed by atoms with Gasteiger partial charge in [0.2, 0.25) is 5.91 Å². The summed E-state index contributed by atoms with van der Waals surface area (Å²) in [6.07, 6.45) is 1.09. The van der Waals surface area contributed by atoms with Crippen LogP contribution in [0.2, 0.25) is 0 Å². The molecule has 0 aliphatic heterocycles. The summed E-state index contributed by atoms with van der Waals surface area (Å²) in [5.41, 5.74) is 0.846. The van der Waals surface area contributed by atoms with E-state index in [0.717, 1.165) is 6.26 Å². The van der Waals surface area contributed by atoms with E-state index in [9.17, 15) is 13.2 Å². The van der Waals surface area contributed by atoms with Gasteiger partial charge in [0.25, 0.3) is 0 Å². The van der Waals surface area contributed by atoms with Gasteiger partial charge in [0, 0.05) is 24.1 Å². The number of nitrogens with one attached hydrogen (secondary N) is 2. The van der Waals surface area contributed by atoms with Crippen LogP contribution in [0.25, 0.3) is 0 Å². The Balaban J connectivity index is 2.10. The topological polar surface area (TPSA) is 103 Å². The van der Waals surface area contributed by atoms with Crippen LogP contribution in [0.15, 0.2) is 41.3 Å². The van der Waals surface area contributed by atoms with Gasteiger partial charge in [-0.05, 0) is 24.3 Å². The molecule has 2 aromatic carbocycles. The molecule has 0 aliphatic carbocycles. The number of carbonyl (C=O) groups excluding carboxylic acids is 1. The van der Waals surface area contributed by atoms with Crippen molar-refractivity contribution < 1.29 is 27.4 Å². The highest BCUT2D eigenvalue weighted by molar-refractivity contribution is 7.90.